The fraction of sp³-hybridized carbons (Fsp3) is 0.300. The van der Waals surface area contributed by atoms with Gasteiger partial charge in [0.25, 0.3) is 0 Å². The number of likely N-dealkylation sites (N-methyl/N-ethyl adjacent to an activating group) is 1. The van der Waals surface area contributed by atoms with Crippen molar-refractivity contribution in [2.45, 2.75) is 13.3 Å². The largest absolute Gasteiger partial charge is 0.315 e. The minimum Gasteiger partial charge on any atom is -0.315 e. The summed E-state index contributed by atoms with van der Waals surface area (Å²) in [6.07, 6.45) is 6.12. The number of carbonyl (C=O) groups excluding carboxylic acids is 1. The van der Waals surface area contributed by atoms with Crippen molar-refractivity contribution < 1.29 is 4.79 Å². The number of hydrogen-bond donors (Lipinski definition) is 0. The molecule has 0 spiro atoms. The lowest BCUT2D eigenvalue weighted by molar-refractivity contribution is -0.125. The zero-order valence-electron chi connectivity index (χ0n) is 7.50. The number of rotatable bonds is 2. The van der Waals surface area contributed by atoms with Gasteiger partial charge in [0.15, 0.2) is 0 Å². The molecule has 2 heteroatoms. The van der Waals surface area contributed by atoms with Crippen LogP contribution >= 0.6 is 0 Å². The molecule has 0 aromatic carbocycles. The molecular formula is C10H13NO. The predicted molar refractivity (Wildman–Crippen MR) is 49.4 cm³/mol. The lowest BCUT2D eigenvalue weighted by Gasteiger charge is -2.09. The Morgan fingerprint density at radius 2 is 2.25 bits per heavy atom. The fourth-order valence-electron chi connectivity index (χ4n) is 1.34. The summed E-state index contributed by atoms with van der Waals surface area (Å²) in [5.41, 5.74) is 1.98. The van der Waals surface area contributed by atoms with Gasteiger partial charge in [0.05, 0.1) is 6.42 Å². The van der Waals surface area contributed by atoms with E-state index in [1.807, 2.05) is 19.1 Å². The monoisotopic (exact) mass is 163 g/mol. The molecule has 0 aliphatic carbocycles. The standard InChI is InChI=1S/C10H13NO/c1-4-6-8-7-10(12)11(3)9(8)5-2/h4-6H,2,7H2,1,3H3/b6-4-. The third-order valence-electron chi connectivity index (χ3n) is 1.97. The molecule has 1 aliphatic rings. The number of allylic oxidation sites excluding steroid dienone is 3. The third-order valence-corrected chi connectivity index (χ3v) is 1.97. The van der Waals surface area contributed by atoms with Gasteiger partial charge in [-0.05, 0) is 18.6 Å². The van der Waals surface area contributed by atoms with Crippen molar-refractivity contribution in [3.63, 3.8) is 0 Å². The van der Waals surface area contributed by atoms with E-state index in [0.717, 1.165) is 11.3 Å². The van der Waals surface area contributed by atoms with Crippen LogP contribution in [0.15, 0.2) is 36.1 Å². The first-order valence-electron chi connectivity index (χ1n) is 3.95. The van der Waals surface area contributed by atoms with Crippen molar-refractivity contribution in [2.24, 2.45) is 0 Å². The average molecular weight is 163 g/mol. The molecule has 1 rings (SSSR count). The van der Waals surface area contributed by atoms with Crippen molar-refractivity contribution in [3.8, 4) is 0 Å². The Bertz CT molecular complexity index is 274. The quantitative estimate of drug-likeness (QED) is 0.608. The lowest BCUT2D eigenvalue weighted by Crippen LogP contribution is -2.18. The van der Waals surface area contributed by atoms with E-state index in [9.17, 15) is 4.79 Å². The van der Waals surface area contributed by atoms with Crippen LogP contribution in [0.3, 0.4) is 0 Å². The van der Waals surface area contributed by atoms with E-state index in [1.54, 1.807) is 18.0 Å². The molecule has 0 unspecified atom stereocenters. The van der Waals surface area contributed by atoms with Crippen molar-refractivity contribution in [3.05, 3.63) is 36.1 Å². The predicted octanol–water partition coefficient (Wildman–Crippen LogP) is 1.86. The van der Waals surface area contributed by atoms with Gasteiger partial charge in [-0.15, -0.1) is 0 Å². The molecule has 0 fully saturated rings. The van der Waals surface area contributed by atoms with Gasteiger partial charge in [-0.3, -0.25) is 4.79 Å². The summed E-state index contributed by atoms with van der Waals surface area (Å²) in [6, 6.07) is 0. The van der Waals surface area contributed by atoms with Crippen LogP contribution in [0.4, 0.5) is 0 Å². The third kappa shape index (κ3) is 1.33. The Labute approximate surface area is 72.9 Å². The second-order valence-corrected chi connectivity index (χ2v) is 2.74. The Balaban J connectivity index is 3.01. The highest BCUT2D eigenvalue weighted by Crippen LogP contribution is 2.23. The summed E-state index contributed by atoms with van der Waals surface area (Å²) in [5, 5.41) is 0. The molecule has 0 saturated carbocycles. The van der Waals surface area contributed by atoms with Gasteiger partial charge in [-0.25, -0.2) is 0 Å². The molecule has 12 heavy (non-hydrogen) atoms. The minimum atomic E-state index is 0.137. The zero-order valence-corrected chi connectivity index (χ0v) is 7.50. The number of nitrogens with zero attached hydrogens (tertiary/aromatic N) is 1. The molecular weight excluding hydrogens is 150 g/mol. The van der Waals surface area contributed by atoms with Crippen molar-refractivity contribution >= 4 is 5.91 Å². The molecule has 64 valence electrons. The van der Waals surface area contributed by atoms with Crippen molar-refractivity contribution in [1.82, 2.24) is 4.90 Å². The number of hydrogen-bond acceptors (Lipinski definition) is 1. The first kappa shape index (κ1) is 8.78. The maximum absolute atomic E-state index is 11.2. The van der Waals surface area contributed by atoms with E-state index in [0.29, 0.717) is 6.42 Å². The van der Waals surface area contributed by atoms with Gasteiger partial charge >= 0.3 is 0 Å². The van der Waals surface area contributed by atoms with Crippen LogP contribution in [-0.4, -0.2) is 17.9 Å². The minimum absolute atomic E-state index is 0.137. The molecule has 2 nitrogen and oxygen atoms in total. The second kappa shape index (κ2) is 3.39. The fourth-order valence-corrected chi connectivity index (χ4v) is 1.34. The van der Waals surface area contributed by atoms with Gasteiger partial charge in [0, 0.05) is 12.7 Å². The van der Waals surface area contributed by atoms with Gasteiger partial charge in [0.1, 0.15) is 0 Å². The summed E-state index contributed by atoms with van der Waals surface area (Å²) in [6.45, 7) is 5.62. The first-order valence-corrected chi connectivity index (χ1v) is 3.95. The van der Waals surface area contributed by atoms with Crippen molar-refractivity contribution in [2.75, 3.05) is 7.05 Å². The van der Waals surface area contributed by atoms with E-state index >= 15 is 0 Å². The molecule has 1 aliphatic heterocycles. The van der Waals surface area contributed by atoms with Crippen LogP contribution in [0.1, 0.15) is 13.3 Å². The van der Waals surface area contributed by atoms with Crippen molar-refractivity contribution in [1.29, 1.82) is 0 Å². The highest BCUT2D eigenvalue weighted by molar-refractivity contribution is 5.85. The summed E-state index contributed by atoms with van der Waals surface area (Å²) >= 11 is 0. The van der Waals surface area contributed by atoms with Gasteiger partial charge in [-0.1, -0.05) is 18.7 Å². The lowest BCUT2D eigenvalue weighted by atomic mass is 10.2. The SMILES string of the molecule is C=CC1=C(/C=C\C)CC(=O)N1C. The molecule has 0 saturated heterocycles. The van der Waals surface area contributed by atoms with Crippen LogP contribution in [-0.2, 0) is 4.79 Å². The van der Waals surface area contributed by atoms with Crippen LogP contribution in [0.2, 0.25) is 0 Å². The topological polar surface area (TPSA) is 20.3 Å². The van der Waals surface area contributed by atoms with E-state index in [2.05, 4.69) is 6.58 Å². The molecule has 0 bridgehead atoms. The zero-order chi connectivity index (χ0) is 9.14. The number of amides is 1. The summed E-state index contributed by atoms with van der Waals surface area (Å²) in [7, 11) is 1.77. The summed E-state index contributed by atoms with van der Waals surface area (Å²) < 4.78 is 0. The number of carbonyl (C=O) groups is 1. The van der Waals surface area contributed by atoms with Crippen LogP contribution in [0, 0.1) is 0 Å². The Morgan fingerprint density at radius 1 is 1.58 bits per heavy atom. The molecule has 1 heterocycles. The molecule has 1 amide bonds. The normalized spacial score (nSPS) is 18.2. The molecule has 0 aromatic heterocycles. The van der Waals surface area contributed by atoms with E-state index in [1.165, 1.54) is 0 Å². The maximum atomic E-state index is 11.2. The maximum Gasteiger partial charge on any atom is 0.231 e. The second-order valence-electron chi connectivity index (χ2n) is 2.74. The highest BCUT2D eigenvalue weighted by atomic mass is 16.2. The summed E-state index contributed by atoms with van der Waals surface area (Å²) in [5.74, 6) is 0.137. The van der Waals surface area contributed by atoms with Gasteiger partial charge in [0.2, 0.25) is 5.91 Å². The van der Waals surface area contributed by atoms with Gasteiger partial charge in [-0.2, -0.15) is 0 Å². The molecule has 0 aromatic rings. The Morgan fingerprint density at radius 3 is 2.75 bits per heavy atom. The highest BCUT2D eigenvalue weighted by Gasteiger charge is 2.22. The molecule has 0 radical (unpaired) electrons. The Kier molecular flexibility index (Phi) is 2.48. The average Bonchev–Trinajstić information content (AvgIpc) is 2.29. The smallest absolute Gasteiger partial charge is 0.231 e. The van der Waals surface area contributed by atoms with Gasteiger partial charge < -0.3 is 4.90 Å². The van der Waals surface area contributed by atoms with Crippen LogP contribution < -0.4 is 0 Å². The molecule has 0 N–H and O–H groups in total. The van der Waals surface area contributed by atoms with E-state index in [-0.39, 0.29) is 5.91 Å². The van der Waals surface area contributed by atoms with Crippen LogP contribution in [0.25, 0.3) is 0 Å². The molecule has 0 atom stereocenters. The van der Waals surface area contributed by atoms with E-state index < -0.39 is 0 Å². The summed E-state index contributed by atoms with van der Waals surface area (Å²) in [4.78, 5) is 12.9. The van der Waals surface area contributed by atoms with Crippen LogP contribution in [0.5, 0.6) is 0 Å². The first-order chi connectivity index (χ1) is 5.70. The van der Waals surface area contributed by atoms with E-state index in [4.69, 9.17) is 0 Å². The Hall–Kier alpha value is -1.31.